The second kappa shape index (κ2) is 6.21. The van der Waals surface area contributed by atoms with Crippen LogP contribution < -0.4 is 0 Å². The Labute approximate surface area is 120 Å². The van der Waals surface area contributed by atoms with Crippen LogP contribution in [0.5, 0.6) is 0 Å². The molecule has 0 unspecified atom stereocenters. The number of aldehydes is 1. The van der Waals surface area contributed by atoms with Crippen molar-refractivity contribution in [2.45, 2.75) is 57.5 Å². The lowest BCUT2D eigenvalue weighted by atomic mass is 9.85. The van der Waals surface area contributed by atoms with E-state index in [1.54, 1.807) is 0 Å². The fraction of sp³-hybridized carbons (Fsp3) is 0.529. The molecule has 0 aliphatic heterocycles. The van der Waals surface area contributed by atoms with Crippen molar-refractivity contribution in [2.75, 3.05) is 0 Å². The Kier molecular flexibility index (Phi) is 4.58. The van der Waals surface area contributed by atoms with Gasteiger partial charge < -0.3 is 4.74 Å². The molecule has 0 saturated carbocycles. The van der Waals surface area contributed by atoms with Crippen LogP contribution in [0.1, 0.15) is 51.9 Å². The van der Waals surface area contributed by atoms with E-state index in [0.29, 0.717) is 12.0 Å². The molecule has 108 valence electrons. The summed E-state index contributed by atoms with van der Waals surface area (Å²) in [6, 6.07) is 0. The molecular formula is C17H22O3. The van der Waals surface area contributed by atoms with Crippen LogP contribution >= 0.6 is 0 Å². The van der Waals surface area contributed by atoms with E-state index in [1.165, 1.54) is 0 Å². The van der Waals surface area contributed by atoms with Crippen LogP contribution in [0.15, 0.2) is 35.5 Å². The van der Waals surface area contributed by atoms with Crippen molar-refractivity contribution >= 4 is 12.3 Å². The molecule has 2 aliphatic carbocycles. The first-order chi connectivity index (χ1) is 9.64. The lowest BCUT2D eigenvalue weighted by Gasteiger charge is -2.31. The minimum absolute atomic E-state index is 0.411. The number of hydrogen-bond acceptors (Lipinski definition) is 3. The molecule has 3 heteroatoms. The largest absolute Gasteiger partial charge is 0.439 e. The molecule has 0 saturated heterocycles. The van der Waals surface area contributed by atoms with Gasteiger partial charge in [-0.2, -0.15) is 0 Å². The van der Waals surface area contributed by atoms with Crippen molar-refractivity contribution in [1.82, 2.24) is 0 Å². The van der Waals surface area contributed by atoms with E-state index in [1.807, 2.05) is 6.92 Å². The molecule has 0 spiro atoms. The van der Waals surface area contributed by atoms with E-state index in [2.05, 4.69) is 18.7 Å². The highest BCUT2D eigenvalue weighted by Crippen LogP contribution is 2.40. The summed E-state index contributed by atoms with van der Waals surface area (Å²) in [6.07, 6.45) is 11.0. The van der Waals surface area contributed by atoms with Crippen molar-refractivity contribution in [3.63, 3.8) is 0 Å². The first-order valence-corrected chi connectivity index (χ1v) is 7.40. The van der Waals surface area contributed by atoms with E-state index in [9.17, 15) is 9.59 Å². The van der Waals surface area contributed by atoms with Gasteiger partial charge in [0.1, 0.15) is 0 Å². The zero-order chi connectivity index (χ0) is 14.6. The Hall–Kier alpha value is -1.64. The molecule has 2 aliphatic rings. The molecular weight excluding hydrogens is 252 g/mol. The summed E-state index contributed by atoms with van der Waals surface area (Å²) in [6.45, 7) is 5.57. The topological polar surface area (TPSA) is 43.4 Å². The lowest BCUT2D eigenvalue weighted by Crippen LogP contribution is -2.40. The van der Waals surface area contributed by atoms with Gasteiger partial charge in [-0.05, 0) is 56.1 Å². The third-order valence-corrected chi connectivity index (χ3v) is 4.17. The van der Waals surface area contributed by atoms with Crippen LogP contribution in [0.2, 0.25) is 0 Å². The normalized spacial score (nSPS) is 18.4. The molecule has 0 aromatic heterocycles. The first kappa shape index (κ1) is 14.8. The van der Waals surface area contributed by atoms with Gasteiger partial charge >= 0.3 is 5.97 Å². The summed E-state index contributed by atoms with van der Waals surface area (Å²) < 4.78 is 5.66. The molecule has 20 heavy (non-hydrogen) atoms. The van der Waals surface area contributed by atoms with Gasteiger partial charge in [-0.15, -0.1) is 0 Å². The van der Waals surface area contributed by atoms with E-state index in [-0.39, 0.29) is 0 Å². The summed E-state index contributed by atoms with van der Waals surface area (Å²) in [7, 11) is 0. The molecule has 0 aromatic rings. The predicted octanol–water partition coefficient (Wildman–Crippen LogP) is 3.65. The molecule has 0 bridgehead atoms. The highest BCUT2D eigenvalue weighted by atomic mass is 16.6. The molecule has 0 heterocycles. The van der Waals surface area contributed by atoms with E-state index < -0.39 is 11.6 Å². The highest BCUT2D eigenvalue weighted by molar-refractivity contribution is 5.91. The third-order valence-electron chi connectivity index (χ3n) is 4.17. The van der Waals surface area contributed by atoms with Crippen LogP contribution in [0.3, 0.4) is 0 Å². The SMILES string of the molecule is C=C(CC)C(=O)OC(C=O)(C1=CCCC1)C1=CCCC1. The summed E-state index contributed by atoms with van der Waals surface area (Å²) in [4.78, 5) is 24.0. The highest BCUT2D eigenvalue weighted by Gasteiger charge is 2.43. The number of carbonyl (C=O) groups excluding carboxylic acids is 2. The number of rotatable bonds is 6. The van der Waals surface area contributed by atoms with Gasteiger partial charge in [0.2, 0.25) is 5.60 Å². The molecule has 0 atom stereocenters. The molecule has 0 amide bonds. The van der Waals surface area contributed by atoms with Crippen LogP contribution in [-0.4, -0.2) is 17.9 Å². The zero-order valence-electron chi connectivity index (χ0n) is 12.1. The smallest absolute Gasteiger partial charge is 0.335 e. The second-order valence-electron chi connectivity index (χ2n) is 5.44. The summed E-state index contributed by atoms with van der Waals surface area (Å²) >= 11 is 0. The van der Waals surface area contributed by atoms with E-state index in [4.69, 9.17) is 4.74 Å². The van der Waals surface area contributed by atoms with Gasteiger partial charge in [0, 0.05) is 5.57 Å². The maximum absolute atomic E-state index is 12.1. The maximum atomic E-state index is 12.1. The van der Waals surface area contributed by atoms with Gasteiger partial charge in [-0.25, -0.2) is 4.79 Å². The Morgan fingerprint density at radius 2 is 1.85 bits per heavy atom. The van der Waals surface area contributed by atoms with Crippen LogP contribution in [0.4, 0.5) is 0 Å². The van der Waals surface area contributed by atoms with Gasteiger partial charge in [0.25, 0.3) is 0 Å². The number of esters is 1. The second-order valence-corrected chi connectivity index (χ2v) is 5.44. The van der Waals surface area contributed by atoms with Gasteiger partial charge in [0.15, 0.2) is 6.29 Å². The molecule has 0 fully saturated rings. The minimum atomic E-state index is -1.16. The first-order valence-electron chi connectivity index (χ1n) is 7.40. The number of hydrogen-bond donors (Lipinski definition) is 0. The summed E-state index contributed by atoms with van der Waals surface area (Å²) in [5.74, 6) is -0.458. The summed E-state index contributed by atoms with van der Waals surface area (Å²) in [5, 5.41) is 0. The average Bonchev–Trinajstić information content (AvgIpc) is 3.16. The lowest BCUT2D eigenvalue weighted by molar-refractivity contribution is -0.152. The number of carbonyl (C=O) groups is 2. The Morgan fingerprint density at radius 1 is 1.30 bits per heavy atom. The number of allylic oxidation sites excluding steroid dienone is 2. The zero-order valence-corrected chi connectivity index (χ0v) is 12.1. The Bertz CT molecular complexity index is 458. The quantitative estimate of drug-likeness (QED) is 0.321. The van der Waals surface area contributed by atoms with Gasteiger partial charge in [-0.3, -0.25) is 4.79 Å². The Morgan fingerprint density at radius 3 is 2.20 bits per heavy atom. The monoisotopic (exact) mass is 274 g/mol. The van der Waals surface area contributed by atoms with Crippen molar-refractivity contribution in [2.24, 2.45) is 0 Å². The average molecular weight is 274 g/mol. The standard InChI is InChI=1S/C17H22O3/c1-3-13(2)16(19)20-17(12-18,14-8-4-5-9-14)15-10-6-7-11-15/h8,10,12H,2-7,9,11H2,1H3. The molecule has 0 N–H and O–H groups in total. The van der Waals surface area contributed by atoms with Crippen molar-refractivity contribution in [3.8, 4) is 0 Å². The van der Waals surface area contributed by atoms with Gasteiger partial charge in [0.05, 0.1) is 0 Å². The fourth-order valence-corrected chi connectivity index (χ4v) is 2.89. The molecule has 2 rings (SSSR count). The predicted molar refractivity (Wildman–Crippen MR) is 78.2 cm³/mol. The van der Waals surface area contributed by atoms with Crippen LogP contribution in [0, 0.1) is 0 Å². The van der Waals surface area contributed by atoms with Crippen LogP contribution in [0.25, 0.3) is 0 Å². The minimum Gasteiger partial charge on any atom is -0.439 e. The molecule has 3 nitrogen and oxygen atoms in total. The fourth-order valence-electron chi connectivity index (χ4n) is 2.89. The third kappa shape index (κ3) is 2.62. The van der Waals surface area contributed by atoms with E-state index in [0.717, 1.165) is 56.0 Å². The van der Waals surface area contributed by atoms with Crippen molar-refractivity contribution in [1.29, 1.82) is 0 Å². The van der Waals surface area contributed by atoms with Crippen molar-refractivity contribution < 1.29 is 14.3 Å². The maximum Gasteiger partial charge on any atom is 0.335 e. The summed E-state index contributed by atoms with van der Waals surface area (Å²) in [5.41, 5.74) is 1.13. The molecule has 0 radical (unpaired) electrons. The van der Waals surface area contributed by atoms with E-state index >= 15 is 0 Å². The Balaban J connectivity index is 2.34. The molecule has 0 aromatic carbocycles. The van der Waals surface area contributed by atoms with Crippen LogP contribution in [-0.2, 0) is 14.3 Å². The number of ether oxygens (including phenoxy) is 1. The van der Waals surface area contributed by atoms with Gasteiger partial charge in [-0.1, -0.05) is 25.7 Å². The van der Waals surface area contributed by atoms with Crippen molar-refractivity contribution in [3.05, 3.63) is 35.5 Å².